The van der Waals surface area contributed by atoms with E-state index in [9.17, 15) is 4.79 Å². The molecule has 0 aromatic carbocycles. The molecule has 0 atom stereocenters. The van der Waals surface area contributed by atoms with Gasteiger partial charge in [-0.05, 0) is 36.4 Å². The third-order valence-electron chi connectivity index (χ3n) is 4.63. The second-order valence-corrected chi connectivity index (χ2v) is 7.18. The highest BCUT2D eigenvalue weighted by atomic mass is 32.1. The number of nitrogens with zero attached hydrogens (tertiary/aromatic N) is 3. The number of aromatic nitrogens is 2. The summed E-state index contributed by atoms with van der Waals surface area (Å²) in [5, 5.41) is 3.16. The molecule has 0 bridgehead atoms. The molecule has 1 amide bonds. The van der Waals surface area contributed by atoms with Crippen LogP contribution in [-0.4, -0.2) is 39.5 Å². The van der Waals surface area contributed by atoms with Gasteiger partial charge in [-0.25, -0.2) is 0 Å². The zero-order valence-electron chi connectivity index (χ0n) is 13.4. The van der Waals surface area contributed by atoms with E-state index in [-0.39, 0.29) is 11.9 Å². The van der Waals surface area contributed by atoms with Crippen molar-refractivity contribution >= 4 is 28.1 Å². The summed E-state index contributed by atoms with van der Waals surface area (Å²) in [7, 11) is 0. The van der Waals surface area contributed by atoms with Gasteiger partial charge in [-0.15, -0.1) is 11.3 Å². The lowest BCUT2D eigenvalue weighted by atomic mass is 10.1. The van der Waals surface area contributed by atoms with Crippen molar-refractivity contribution in [2.24, 2.45) is 5.73 Å². The van der Waals surface area contributed by atoms with Crippen molar-refractivity contribution in [1.29, 1.82) is 0 Å². The molecule has 1 saturated heterocycles. The Morgan fingerprint density at radius 3 is 2.88 bits per heavy atom. The van der Waals surface area contributed by atoms with Crippen molar-refractivity contribution in [3.05, 3.63) is 42.0 Å². The van der Waals surface area contributed by atoms with Gasteiger partial charge in [0, 0.05) is 36.9 Å². The number of fused-ring (bicyclic) bond motifs is 1. The first-order valence-corrected chi connectivity index (χ1v) is 9.11. The van der Waals surface area contributed by atoms with Crippen LogP contribution in [-0.2, 0) is 11.3 Å². The van der Waals surface area contributed by atoms with Gasteiger partial charge in [0.05, 0.1) is 10.4 Å². The van der Waals surface area contributed by atoms with Crippen LogP contribution in [0.1, 0.15) is 12.8 Å². The van der Waals surface area contributed by atoms with Gasteiger partial charge in [0.2, 0.25) is 5.91 Å². The van der Waals surface area contributed by atoms with Crippen molar-refractivity contribution in [1.82, 2.24) is 14.5 Å². The zero-order chi connectivity index (χ0) is 16.5. The SMILES string of the molecule is NC1CCN(C(=O)Cn2ccc3ccnc(-c4cccs4)c32)CC1. The Balaban J connectivity index is 1.64. The third kappa shape index (κ3) is 2.83. The van der Waals surface area contributed by atoms with Crippen LogP contribution < -0.4 is 5.73 Å². The number of likely N-dealkylation sites (tertiary alicyclic amines) is 1. The molecule has 1 aliphatic rings. The molecule has 0 aliphatic carbocycles. The molecule has 6 heteroatoms. The van der Waals surface area contributed by atoms with Gasteiger partial charge in [0.15, 0.2) is 0 Å². The number of pyridine rings is 1. The number of hydrogen-bond donors (Lipinski definition) is 1. The lowest BCUT2D eigenvalue weighted by Crippen LogP contribution is -2.44. The Hall–Kier alpha value is -2.18. The highest BCUT2D eigenvalue weighted by molar-refractivity contribution is 7.13. The third-order valence-corrected chi connectivity index (χ3v) is 5.51. The van der Waals surface area contributed by atoms with E-state index >= 15 is 0 Å². The van der Waals surface area contributed by atoms with Gasteiger partial charge >= 0.3 is 0 Å². The summed E-state index contributed by atoms with van der Waals surface area (Å²) in [6.07, 6.45) is 5.59. The Labute approximate surface area is 144 Å². The molecule has 5 nitrogen and oxygen atoms in total. The largest absolute Gasteiger partial charge is 0.341 e. The highest BCUT2D eigenvalue weighted by Gasteiger charge is 2.21. The lowest BCUT2D eigenvalue weighted by Gasteiger charge is -2.30. The van der Waals surface area contributed by atoms with Crippen LogP contribution in [0.2, 0.25) is 0 Å². The predicted octanol–water partition coefficient (Wildman–Crippen LogP) is 2.71. The quantitative estimate of drug-likeness (QED) is 0.797. The molecule has 1 aliphatic heterocycles. The number of nitrogens with two attached hydrogens (primary N) is 1. The Kier molecular flexibility index (Phi) is 4.08. The van der Waals surface area contributed by atoms with Crippen LogP contribution in [0, 0.1) is 0 Å². The fraction of sp³-hybridized carbons (Fsp3) is 0.333. The van der Waals surface area contributed by atoms with E-state index in [2.05, 4.69) is 11.1 Å². The van der Waals surface area contributed by atoms with Gasteiger partial charge in [-0.1, -0.05) is 6.07 Å². The Morgan fingerprint density at radius 2 is 2.12 bits per heavy atom. The van der Waals surface area contributed by atoms with Crippen molar-refractivity contribution in [3.63, 3.8) is 0 Å². The smallest absolute Gasteiger partial charge is 0.242 e. The number of carbonyl (C=O) groups excluding carboxylic acids is 1. The summed E-state index contributed by atoms with van der Waals surface area (Å²) >= 11 is 1.67. The van der Waals surface area contributed by atoms with Crippen LogP contribution in [0.4, 0.5) is 0 Å². The molecular formula is C18H20N4OS. The van der Waals surface area contributed by atoms with Crippen molar-refractivity contribution in [3.8, 4) is 10.6 Å². The van der Waals surface area contributed by atoms with E-state index < -0.39 is 0 Å². The van der Waals surface area contributed by atoms with Gasteiger partial charge in [-0.3, -0.25) is 9.78 Å². The molecule has 3 aromatic heterocycles. The maximum Gasteiger partial charge on any atom is 0.242 e. The molecular weight excluding hydrogens is 320 g/mol. The summed E-state index contributed by atoms with van der Waals surface area (Å²) in [6.45, 7) is 1.87. The first-order valence-electron chi connectivity index (χ1n) is 8.23. The predicted molar refractivity (Wildman–Crippen MR) is 96.8 cm³/mol. The normalized spacial score (nSPS) is 16.0. The molecule has 0 saturated carbocycles. The van der Waals surface area contributed by atoms with E-state index in [4.69, 9.17) is 5.73 Å². The highest BCUT2D eigenvalue weighted by Crippen LogP contribution is 2.30. The number of piperidine rings is 1. The minimum atomic E-state index is 0.153. The number of hydrogen-bond acceptors (Lipinski definition) is 4. The monoisotopic (exact) mass is 340 g/mol. The van der Waals surface area contributed by atoms with E-state index in [0.29, 0.717) is 6.54 Å². The number of rotatable bonds is 3. The zero-order valence-corrected chi connectivity index (χ0v) is 14.2. The summed E-state index contributed by atoms with van der Waals surface area (Å²) < 4.78 is 2.02. The maximum atomic E-state index is 12.7. The summed E-state index contributed by atoms with van der Waals surface area (Å²) in [5.74, 6) is 0.153. The van der Waals surface area contributed by atoms with E-state index in [1.807, 2.05) is 45.4 Å². The maximum absolute atomic E-state index is 12.7. The topological polar surface area (TPSA) is 64.2 Å². The molecule has 4 rings (SSSR count). The minimum Gasteiger partial charge on any atom is -0.341 e. The van der Waals surface area contributed by atoms with Gasteiger partial charge < -0.3 is 15.2 Å². The molecule has 0 spiro atoms. The number of amides is 1. The fourth-order valence-corrected chi connectivity index (χ4v) is 3.99. The standard InChI is InChI=1S/C18H20N4OS/c19-14-5-9-21(10-6-14)16(23)12-22-8-4-13-3-7-20-17(18(13)22)15-2-1-11-24-15/h1-4,7-8,11,14H,5-6,9-10,12,19H2. The second-order valence-electron chi connectivity index (χ2n) is 6.24. The van der Waals surface area contributed by atoms with Crippen molar-refractivity contribution < 1.29 is 4.79 Å². The summed E-state index contributed by atoms with van der Waals surface area (Å²) in [6, 6.07) is 8.37. The molecule has 0 radical (unpaired) electrons. The second kappa shape index (κ2) is 6.37. The first kappa shape index (κ1) is 15.4. The van der Waals surface area contributed by atoms with E-state index in [1.54, 1.807) is 11.3 Å². The molecule has 2 N–H and O–H groups in total. The molecule has 24 heavy (non-hydrogen) atoms. The Morgan fingerprint density at radius 1 is 1.29 bits per heavy atom. The molecule has 4 heterocycles. The Bertz CT molecular complexity index is 847. The fourth-order valence-electron chi connectivity index (χ4n) is 3.27. The summed E-state index contributed by atoms with van der Waals surface area (Å²) in [4.78, 5) is 20.3. The summed E-state index contributed by atoms with van der Waals surface area (Å²) in [5.41, 5.74) is 7.91. The van der Waals surface area contributed by atoms with Gasteiger partial charge in [0.1, 0.15) is 12.2 Å². The van der Waals surface area contributed by atoms with Crippen LogP contribution >= 0.6 is 11.3 Å². The minimum absolute atomic E-state index is 0.153. The lowest BCUT2D eigenvalue weighted by molar-refractivity contribution is -0.132. The molecule has 3 aromatic rings. The van der Waals surface area contributed by atoms with E-state index in [0.717, 1.165) is 47.4 Å². The van der Waals surface area contributed by atoms with Crippen LogP contribution in [0.5, 0.6) is 0 Å². The van der Waals surface area contributed by atoms with Crippen LogP contribution in [0.3, 0.4) is 0 Å². The van der Waals surface area contributed by atoms with E-state index in [1.165, 1.54) is 0 Å². The van der Waals surface area contributed by atoms with Crippen molar-refractivity contribution in [2.75, 3.05) is 13.1 Å². The molecule has 1 fully saturated rings. The van der Waals surface area contributed by atoms with Gasteiger partial charge in [0.25, 0.3) is 0 Å². The number of carbonyl (C=O) groups is 1. The molecule has 124 valence electrons. The average Bonchev–Trinajstić information content (AvgIpc) is 3.25. The first-order chi connectivity index (χ1) is 11.7. The van der Waals surface area contributed by atoms with Crippen LogP contribution in [0.15, 0.2) is 42.0 Å². The van der Waals surface area contributed by atoms with Crippen molar-refractivity contribution in [2.45, 2.75) is 25.4 Å². The van der Waals surface area contributed by atoms with Gasteiger partial charge in [-0.2, -0.15) is 0 Å². The van der Waals surface area contributed by atoms with Crippen LogP contribution in [0.25, 0.3) is 21.5 Å². The number of thiophene rings is 1. The average molecular weight is 340 g/mol. The molecule has 0 unspecified atom stereocenters.